The van der Waals surface area contributed by atoms with Crippen LogP contribution < -0.4 is 11.2 Å². The third-order valence-corrected chi connectivity index (χ3v) is 6.08. The molecule has 2 saturated carbocycles. The first-order valence-corrected chi connectivity index (χ1v) is 10.2. The van der Waals surface area contributed by atoms with E-state index in [0.29, 0.717) is 5.70 Å². The average Bonchev–Trinajstić information content (AvgIpc) is 3.20. The zero-order valence-corrected chi connectivity index (χ0v) is 15.6. The Bertz CT molecular complexity index is 894. The fourth-order valence-electron chi connectivity index (χ4n) is 4.65. The van der Waals surface area contributed by atoms with Crippen LogP contribution in [0.5, 0.6) is 5.88 Å². The summed E-state index contributed by atoms with van der Waals surface area (Å²) in [6, 6.07) is -0.115. The molecule has 0 bridgehead atoms. The van der Waals surface area contributed by atoms with Gasteiger partial charge in [-0.25, -0.2) is 4.79 Å². The Morgan fingerprint density at radius 3 is 2.07 bits per heavy atom. The fraction of sp³-hybridized carbons (Fsp3) is 0.571. The Hall–Kier alpha value is -2.37. The zero-order chi connectivity index (χ0) is 18.8. The molecule has 0 unspecified atom stereocenters. The number of aromatic hydroxyl groups is 1. The molecule has 0 aromatic carbocycles. The summed E-state index contributed by atoms with van der Waals surface area (Å²) in [5.41, 5.74) is 0.0688. The molecule has 2 fully saturated rings. The molecule has 0 atom stereocenters. The van der Waals surface area contributed by atoms with Gasteiger partial charge in [0.1, 0.15) is 5.56 Å². The molecule has 27 heavy (non-hydrogen) atoms. The first-order chi connectivity index (χ1) is 13.2. The van der Waals surface area contributed by atoms with E-state index in [1.165, 1.54) is 9.13 Å². The summed E-state index contributed by atoms with van der Waals surface area (Å²) in [4.78, 5) is 30.7. The predicted octanol–water partition coefficient (Wildman–Crippen LogP) is 3.71. The molecule has 0 radical (unpaired) electrons. The van der Waals surface area contributed by atoms with E-state index in [-0.39, 0.29) is 34.8 Å². The molecular formula is C21H27N3O3. The summed E-state index contributed by atoms with van der Waals surface area (Å²) < 4.78 is 2.91. The van der Waals surface area contributed by atoms with Gasteiger partial charge in [0.2, 0.25) is 5.88 Å². The van der Waals surface area contributed by atoms with Crippen LogP contribution in [0.1, 0.15) is 81.9 Å². The number of nitrogens with zero attached hydrogens (tertiary/aromatic N) is 3. The zero-order valence-electron chi connectivity index (χ0n) is 15.6. The highest BCUT2D eigenvalue weighted by molar-refractivity contribution is 5.79. The molecule has 3 aliphatic rings. The van der Waals surface area contributed by atoms with E-state index in [1.54, 1.807) is 24.4 Å². The van der Waals surface area contributed by atoms with Crippen LogP contribution >= 0.6 is 0 Å². The molecule has 6 nitrogen and oxygen atoms in total. The summed E-state index contributed by atoms with van der Waals surface area (Å²) in [5.74, 6) is -0.202. The lowest BCUT2D eigenvalue weighted by Gasteiger charge is -2.29. The van der Waals surface area contributed by atoms with Crippen LogP contribution in [0.4, 0.5) is 0 Å². The molecule has 1 aliphatic heterocycles. The van der Waals surface area contributed by atoms with Crippen molar-refractivity contribution in [2.75, 3.05) is 0 Å². The Morgan fingerprint density at radius 1 is 0.926 bits per heavy atom. The predicted molar refractivity (Wildman–Crippen MR) is 106 cm³/mol. The van der Waals surface area contributed by atoms with Gasteiger partial charge >= 0.3 is 5.69 Å². The van der Waals surface area contributed by atoms with Crippen molar-refractivity contribution in [3.8, 4) is 5.88 Å². The largest absolute Gasteiger partial charge is 0.494 e. The molecule has 4 rings (SSSR count). The smallest absolute Gasteiger partial charge is 0.334 e. The second-order valence-electron chi connectivity index (χ2n) is 7.86. The number of aromatic nitrogens is 2. The summed E-state index contributed by atoms with van der Waals surface area (Å²) in [5, 5.41) is 10.9. The summed E-state index contributed by atoms with van der Waals surface area (Å²) >= 11 is 0. The number of hydrogen-bond acceptors (Lipinski definition) is 4. The minimum Gasteiger partial charge on any atom is -0.494 e. The molecule has 2 heterocycles. The van der Waals surface area contributed by atoms with E-state index in [0.717, 1.165) is 64.2 Å². The van der Waals surface area contributed by atoms with Gasteiger partial charge in [0.05, 0.1) is 5.70 Å². The molecule has 0 spiro atoms. The molecule has 144 valence electrons. The summed E-state index contributed by atoms with van der Waals surface area (Å²) in [6.45, 7) is 0. The van der Waals surface area contributed by atoms with Gasteiger partial charge in [-0.1, -0.05) is 38.5 Å². The van der Waals surface area contributed by atoms with Crippen LogP contribution in [0.15, 0.2) is 32.4 Å². The lowest BCUT2D eigenvalue weighted by atomic mass is 9.94. The Balaban J connectivity index is 1.90. The highest BCUT2D eigenvalue weighted by Crippen LogP contribution is 2.32. The lowest BCUT2D eigenvalue weighted by molar-refractivity contribution is 0.271. The van der Waals surface area contributed by atoms with E-state index in [9.17, 15) is 14.7 Å². The second kappa shape index (κ2) is 7.71. The van der Waals surface area contributed by atoms with Gasteiger partial charge in [0, 0.05) is 18.3 Å². The van der Waals surface area contributed by atoms with Crippen molar-refractivity contribution in [3.05, 3.63) is 44.3 Å². The molecule has 6 heteroatoms. The molecule has 0 saturated heterocycles. The molecule has 1 aromatic heterocycles. The average molecular weight is 369 g/mol. The number of allylic oxidation sites excluding steroid dienone is 2. The number of rotatable bonds is 3. The fourth-order valence-corrected chi connectivity index (χ4v) is 4.65. The first-order valence-electron chi connectivity index (χ1n) is 10.2. The van der Waals surface area contributed by atoms with Gasteiger partial charge in [-0.15, -0.1) is 0 Å². The van der Waals surface area contributed by atoms with Crippen LogP contribution in [0, 0.1) is 0 Å². The lowest BCUT2D eigenvalue weighted by Crippen LogP contribution is -2.45. The van der Waals surface area contributed by atoms with Crippen LogP contribution in [0.3, 0.4) is 0 Å². The van der Waals surface area contributed by atoms with Gasteiger partial charge in [-0.3, -0.25) is 18.9 Å². The normalized spacial score (nSPS) is 22.7. The standard InChI is InChI=1S/C21H27N3O3/c25-19-18(14-15-8-7-13-22-15)20(26)24(17-11-5-2-6-12-17)21(27)23(19)16-9-3-1-4-10-16/h7-8,13-14,16-17,25H,1-6,9-12H2. The van der Waals surface area contributed by atoms with Crippen molar-refractivity contribution in [1.29, 1.82) is 0 Å². The van der Waals surface area contributed by atoms with E-state index < -0.39 is 0 Å². The minimum atomic E-state index is -0.389. The SMILES string of the molecule is O=c1c(C=C2C=CC=N2)c(O)n(C2CCCCC2)c(=O)n1C1CCCCC1. The van der Waals surface area contributed by atoms with Crippen LogP contribution in [-0.4, -0.2) is 20.5 Å². The van der Waals surface area contributed by atoms with E-state index >= 15 is 0 Å². The molecule has 0 amide bonds. The van der Waals surface area contributed by atoms with Crippen molar-refractivity contribution >= 4 is 12.3 Å². The van der Waals surface area contributed by atoms with Crippen molar-refractivity contribution in [1.82, 2.24) is 9.13 Å². The molecule has 1 aromatic rings. The van der Waals surface area contributed by atoms with Crippen LogP contribution in [0.25, 0.3) is 6.08 Å². The maximum Gasteiger partial charge on any atom is 0.334 e. The van der Waals surface area contributed by atoms with Gasteiger partial charge in [-0.05, 0) is 43.9 Å². The van der Waals surface area contributed by atoms with Gasteiger partial charge in [-0.2, -0.15) is 0 Å². The topological polar surface area (TPSA) is 76.6 Å². The van der Waals surface area contributed by atoms with Crippen molar-refractivity contribution < 1.29 is 5.11 Å². The quantitative estimate of drug-likeness (QED) is 0.882. The minimum absolute atomic E-state index is 0.0403. The van der Waals surface area contributed by atoms with Gasteiger partial charge < -0.3 is 5.11 Å². The highest BCUT2D eigenvalue weighted by Gasteiger charge is 2.28. The van der Waals surface area contributed by atoms with E-state index in [4.69, 9.17) is 0 Å². The maximum atomic E-state index is 13.3. The highest BCUT2D eigenvalue weighted by atomic mass is 16.3. The van der Waals surface area contributed by atoms with Crippen LogP contribution in [0.2, 0.25) is 0 Å². The number of hydrogen-bond donors (Lipinski definition) is 1. The van der Waals surface area contributed by atoms with Gasteiger partial charge in [0.25, 0.3) is 5.56 Å². The van der Waals surface area contributed by atoms with Crippen LogP contribution in [-0.2, 0) is 0 Å². The number of aliphatic imine (C=N–C) groups is 1. The third kappa shape index (κ3) is 3.45. The Morgan fingerprint density at radius 2 is 1.52 bits per heavy atom. The second-order valence-corrected chi connectivity index (χ2v) is 7.86. The maximum absolute atomic E-state index is 13.3. The molecule has 1 N–H and O–H groups in total. The van der Waals surface area contributed by atoms with Crippen molar-refractivity contribution in [2.24, 2.45) is 4.99 Å². The monoisotopic (exact) mass is 369 g/mol. The molecular weight excluding hydrogens is 342 g/mol. The van der Waals surface area contributed by atoms with Gasteiger partial charge in [0.15, 0.2) is 0 Å². The Kier molecular flexibility index (Phi) is 5.14. The van der Waals surface area contributed by atoms with Crippen molar-refractivity contribution in [2.45, 2.75) is 76.3 Å². The van der Waals surface area contributed by atoms with E-state index in [2.05, 4.69) is 4.99 Å². The first kappa shape index (κ1) is 18.0. The van der Waals surface area contributed by atoms with Crippen molar-refractivity contribution in [3.63, 3.8) is 0 Å². The summed E-state index contributed by atoms with van der Waals surface area (Å²) in [7, 11) is 0. The third-order valence-electron chi connectivity index (χ3n) is 6.08. The molecule has 2 aliphatic carbocycles. The van der Waals surface area contributed by atoms with E-state index in [1.807, 2.05) is 0 Å². The Labute approximate surface area is 158 Å². The summed E-state index contributed by atoms with van der Waals surface area (Å²) in [6.07, 6.45) is 16.7.